The second-order valence-corrected chi connectivity index (χ2v) is 6.82. The number of aromatic amines is 1. The van der Waals surface area contributed by atoms with Gasteiger partial charge >= 0.3 is 0 Å². The molecule has 0 bridgehead atoms. The Hall–Kier alpha value is -3.68. The van der Waals surface area contributed by atoms with Gasteiger partial charge in [0.05, 0.1) is 11.9 Å². The van der Waals surface area contributed by atoms with Crippen molar-refractivity contribution >= 4 is 22.6 Å². The quantitative estimate of drug-likeness (QED) is 0.697. The third kappa shape index (κ3) is 3.56. The van der Waals surface area contributed by atoms with Crippen molar-refractivity contribution in [2.24, 2.45) is 0 Å². The van der Waals surface area contributed by atoms with Gasteiger partial charge in [0.25, 0.3) is 11.5 Å². The zero-order valence-electron chi connectivity index (χ0n) is 15.8. The molecule has 2 heterocycles. The zero-order chi connectivity index (χ0) is 20.4. The molecule has 8 heteroatoms. The van der Waals surface area contributed by atoms with E-state index in [4.69, 9.17) is 4.74 Å². The highest BCUT2D eigenvalue weighted by Gasteiger charge is 2.41. The number of aromatic nitrogens is 2. The molecule has 1 aliphatic rings. The number of hydrogen-bond acceptors (Lipinski definition) is 5. The van der Waals surface area contributed by atoms with Crippen molar-refractivity contribution < 1.29 is 14.3 Å². The molecule has 1 aliphatic heterocycles. The van der Waals surface area contributed by atoms with Crippen molar-refractivity contribution in [3.8, 4) is 5.75 Å². The Morgan fingerprint density at radius 1 is 1.10 bits per heavy atom. The molecule has 0 unspecified atom stereocenters. The van der Waals surface area contributed by atoms with Crippen LogP contribution in [0.5, 0.6) is 5.75 Å². The molecule has 0 radical (unpaired) electrons. The lowest BCUT2D eigenvalue weighted by atomic mass is 10.1. The normalized spacial score (nSPS) is 18.6. The van der Waals surface area contributed by atoms with Crippen LogP contribution in [0.2, 0.25) is 0 Å². The van der Waals surface area contributed by atoms with Gasteiger partial charge in [-0.05, 0) is 18.2 Å². The lowest BCUT2D eigenvalue weighted by Crippen LogP contribution is -2.45. The molecule has 2 aromatic carbocycles. The van der Waals surface area contributed by atoms with E-state index in [2.05, 4.69) is 15.5 Å². The van der Waals surface area contributed by atoms with Crippen LogP contribution in [-0.2, 0) is 4.79 Å². The predicted molar refractivity (Wildman–Crippen MR) is 107 cm³/mol. The Balaban J connectivity index is 1.66. The number of carbonyl (C=O) groups is 2. The summed E-state index contributed by atoms with van der Waals surface area (Å²) in [5, 5.41) is 9.78. The Morgan fingerprint density at radius 3 is 2.52 bits per heavy atom. The van der Waals surface area contributed by atoms with Crippen LogP contribution in [0.15, 0.2) is 59.4 Å². The second kappa shape index (κ2) is 7.75. The monoisotopic (exact) mass is 392 g/mol. The predicted octanol–water partition coefficient (Wildman–Crippen LogP) is 1.33. The summed E-state index contributed by atoms with van der Waals surface area (Å²) in [6, 6.07) is 15.3. The minimum absolute atomic E-state index is 0.106. The largest absolute Gasteiger partial charge is 0.488 e. The molecule has 1 fully saturated rings. The number of para-hydroxylation sites is 1. The van der Waals surface area contributed by atoms with Crippen LogP contribution in [0.1, 0.15) is 16.9 Å². The molecule has 2 atom stereocenters. The number of ether oxygens (including phenoxy) is 1. The van der Waals surface area contributed by atoms with Gasteiger partial charge in [-0.2, -0.15) is 5.10 Å². The summed E-state index contributed by atoms with van der Waals surface area (Å²) in [5.74, 6) is -0.0217. The van der Waals surface area contributed by atoms with Crippen molar-refractivity contribution in [1.82, 2.24) is 20.4 Å². The fourth-order valence-electron chi connectivity index (χ4n) is 3.63. The first kappa shape index (κ1) is 18.7. The number of hydrogen-bond donors (Lipinski definition) is 2. The van der Waals surface area contributed by atoms with Crippen LogP contribution >= 0.6 is 0 Å². The number of likely N-dealkylation sites (N-methyl/N-ethyl adjacent to an activating group) is 1. The van der Waals surface area contributed by atoms with E-state index >= 15 is 0 Å². The number of nitrogens with zero attached hydrogens (tertiary/aromatic N) is 2. The molecule has 0 saturated carbocycles. The summed E-state index contributed by atoms with van der Waals surface area (Å²) in [7, 11) is 1.53. The van der Waals surface area contributed by atoms with Gasteiger partial charge in [-0.3, -0.25) is 14.4 Å². The number of rotatable bonds is 4. The summed E-state index contributed by atoms with van der Waals surface area (Å²) in [4.78, 5) is 39.2. The first-order valence-corrected chi connectivity index (χ1v) is 9.30. The summed E-state index contributed by atoms with van der Waals surface area (Å²) < 4.78 is 5.97. The average Bonchev–Trinajstić information content (AvgIpc) is 3.17. The van der Waals surface area contributed by atoms with Crippen molar-refractivity contribution in [2.45, 2.75) is 18.6 Å². The average molecular weight is 392 g/mol. The molecule has 4 rings (SSSR count). The van der Waals surface area contributed by atoms with Crippen LogP contribution in [0.4, 0.5) is 0 Å². The maximum atomic E-state index is 13.3. The molecule has 148 valence electrons. The van der Waals surface area contributed by atoms with E-state index in [0.29, 0.717) is 22.9 Å². The van der Waals surface area contributed by atoms with Crippen LogP contribution in [0.25, 0.3) is 10.8 Å². The van der Waals surface area contributed by atoms with Crippen LogP contribution < -0.4 is 15.6 Å². The number of carbonyl (C=O) groups excluding carboxylic acids is 2. The fourth-order valence-corrected chi connectivity index (χ4v) is 3.63. The number of benzene rings is 2. The molecule has 1 saturated heterocycles. The summed E-state index contributed by atoms with van der Waals surface area (Å²) in [5.41, 5.74) is -0.263. The molecular weight excluding hydrogens is 372 g/mol. The summed E-state index contributed by atoms with van der Waals surface area (Å²) in [6.07, 6.45) is 0.0272. The first-order valence-electron chi connectivity index (χ1n) is 9.30. The molecule has 2 N–H and O–H groups in total. The van der Waals surface area contributed by atoms with E-state index < -0.39 is 11.9 Å². The van der Waals surface area contributed by atoms with Crippen LogP contribution in [0, 0.1) is 0 Å². The molecule has 2 amide bonds. The number of nitrogens with one attached hydrogen (secondary N) is 2. The molecule has 3 aromatic rings. The lowest BCUT2D eigenvalue weighted by Gasteiger charge is -2.22. The van der Waals surface area contributed by atoms with E-state index in [1.165, 1.54) is 11.9 Å². The van der Waals surface area contributed by atoms with Crippen LogP contribution in [-0.4, -0.2) is 52.6 Å². The molecule has 0 aliphatic carbocycles. The summed E-state index contributed by atoms with van der Waals surface area (Å²) >= 11 is 0. The first-order chi connectivity index (χ1) is 14.1. The minimum Gasteiger partial charge on any atom is -0.488 e. The van der Waals surface area contributed by atoms with Gasteiger partial charge in [-0.15, -0.1) is 0 Å². The van der Waals surface area contributed by atoms with Gasteiger partial charge in [0.1, 0.15) is 17.9 Å². The van der Waals surface area contributed by atoms with Crippen molar-refractivity contribution in [1.29, 1.82) is 0 Å². The van der Waals surface area contributed by atoms with Gasteiger partial charge in [0, 0.05) is 18.9 Å². The maximum Gasteiger partial charge on any atom is 0.275 e. The van der Waals surface area contributed by atoms with Crippen molar-refractivity contribution in [3.05, 3.63) is 70.6 Å². The Kier molecular flexibility index (Phi) is 4.99. The van der Waals surface area contributed by atoms with E-state index in [1.807, 2.05) is 30.3 Å². The van der Waals surface area contributed by atoms with Gasteiger partial charge in [-0.1, -0.05) is 36.4 Å². The Morgan fingerprint density at radius 2 is 1.79 bits per heavy atom. The maximum absolute atomic E-state index is 13.3. The minimum atomic E-state index is -0.686. The molecule has 1 aromatic heterocycles. The number of H-pyrrole nitrogens is 1. The Labute approximate surface area is 166 Å². The van der Waals surface area contributed by atoms with E-state index in [0.717, 1.165) is 0 Å². The Bertz CT molecular complexity index is 1110. The smallest absolute Gasteiger partial charge is 0.275 e. The van der Waals surface area contributed by atoms with Gasteiger partial charge < -0.3 is 15.0 Å². The number of fused-ring (bicyclic) bond motifs is 1. The van der Waals surface area contributed by atoms with Gasteiger partial charge in [0.2, 0.25) is 5.91 Å². The third-order valence-corrected chi connectivity index (χ3v) is 5.02. The molecule has 8 nitrogen and oxygen atoms in total. The highest BCUT2D eigenvalue weighted by Crippen LogP contribution is 2.26. The number of likely N-dealkylation sites (tertiary alicyclic amines) is 1. The second-order valence-electron chi connectivity index (χ2n) is 6.82. The van der Waals surface area contributed by atoms with Crippen molar-refractivity contribution in [2.75, 3.05) is 13.6 Å². The molecule has 29 heavy (non-hydrogen) atoms. The fraction of sp³-hybridized carbons (Fsp3) is 0.238. The number of amides is 2. The lowest BCUT2D eigenvalue weighted by molar-refractivity contribution is -0.124. The van der Waals surface area contributed by atoms with Crippen LogP contribution in [0.3, 0.4) is 0 Å². The zero-order valence-corrected chi connectivity index (χ0v) is 15.8. The highest BCUT2D eigenvalue weighted by molar-refractivity contribution is 6.06. The van der Waals surface area contributed by atoms with E-state index in [1.54, 1.807) is 24.3 Å². The molecule has 0 spiro atoms. The van der Waals surface area contributed by atoms with Gasteiger partial charge in [-0.25, -0.2) is 5.10 Å². The topological polar surface area (TPSA) is 104 Å². The highest BCUT2D eigenvalue weighted by atomic mass is 16.5. The van der Waals surface area contributed by atoms with Gasteiger partial charge in [0.15, 0.2) is 5.69 Å². The van der Waals surface area contributed by atoms with E-state index in [9.17, 15) is 14.4 Å². The molecular formula is C21H20N4O4. The summed E-state index contributed by atoms with van der Waals surface area (Å²) in [6.45, 7) is 0.237. The standard InChI is InChI=1S/C21H20N4O4/c1-22-20(27)17-11-14(29-13-7-3-2-4-8-13)12-25(17)21(28)18-15-9-5-6-10-16(15)19(26)24-23-18/h2-10,14,17H,11-12H2,1H3,(H,22,27)(H,24,26)/t14-,17-/m0/s1. The van der Waals surface area contributed by atoms with Crippen molar-refractivity contribution in [3.63, 3.8) is 0 Å². The SMILES string of the molecule is CNC(=O)[C@@H]1C[C@H](Oc2ccccc2)CN1C(=O)c1n[nH]c(=O)c2ccccc12. The van der Waals surface area contributed by atoms with E-state index in [-0.39, 0.29) is 29.8 Å². The third-order valence-electron chi connectivity index (χ3n) is 5.02.